The molecule has 1 fully saturated rings. The first-order valence-corrected chi connectivity index (χ1v) is 7.33. The van der Waals surface area contributed by atoms with Crippen molar-refractivity contribution in [3.05, 3.63) is 0 Å². The third-order valence-corrected chi connectivity index (χ3v) is 3.72. The summed E-state index contributed by atoms with van der Waals surface area (Å²) in [6.45, 7) is 2.72. The number of aliphatic carboxylic acids is 2. The van der Waals surface area contributed by atoms with Crippen molar-refractivity contribution in [2.24, 2.45) is 23.3 Å². The Morgan fingerprint density at radius 1 is 1.20 bits per heavy atom. The molecule has 1 aliphatic carbocycles. The molecule has 1 aliphatic rings. The highest BCUT2D eigenvalue weighted by molar-refractivity contribution is 5.72. The highest BCUT2D eigenvalue weighted by atomic mass is 16.4. The van der Waals surface area contributed by atoms with Crippen LogP contribution in [0.25, 0.3) is 0 Å². The predicted molar refractivity (Wildman–Crippen MR) is 77.3 cm³/mol. The molecule has 0 aliphatic heterocycles. The topological polar surface area (TPSA) is 127 Å². The Morgan fingerprint density at radius 3 is 2.10 bits per heavy atom. The largest absolute Gasteiger partial charge is 0.481 e. The minimum Gasteiger partial charge on any atom is -0.481 e. The van der Waals surface area contributed by atoms with E-state index >= 15 is 0 Å². The monoisotopic (exact) mass is 288 g/mol. The summed E-state index contributed by atoms with van der Waals surface area (Å²) >= 11 is 0. The van der Waals surface area contributed by atoms with Gasteiger partial charge in [0.05, 0.1) is 5.92 Å². The SMILES string of the molecule is CCCCC(N)C(=O)O.NC[C@H]1CC[C@H](C(=O)O)CC1. The number of unbranched alkanes of at least 4 members (excludes halogenated alkanes) is 1. The molecule has 0 aromatic heterocycles. The lowest BCUT2D eigenvalue weighted by atomic mass is 9.82. The molecule has 6 nitrogen and oxygen atoms in total. The lowest BCUT2D eigenvalue weighted by molar-refractivity contribution is -0.143. The van der Waals surface area contributed by atoms with Crippen molar-refractivity contribution in [1.29, 1.82) is 0 Å². The summed E-state index contributed by atoms with van der Waals surface area (Å²) in [6, 6.07) is -0.662. The predicted octanol–water partition coefficient (Wildman–Crippen LogP) is 1.42. The average Bonchev–Trinajstić information content (AvgIpc) is 2.45. The Bertz CT molecular complexity index is 289. The molecule has 0 spiro atoms. The maximum Gasteiger partial charge on any atom is 0.320 e. The van der Waals surface area contributed by atoms with E-state index in [-0.39, 0.29) is 5.92 Å². The molecule has 20 heavy (non-hydrogen) atoms. The quantitative estimate of drug-likeness (QED) is 0.585. The number of hydrogen-bond acceptors (Lipinski definition) is 4. The first-order chi connectivity index (χ1) is 9.42. The maximum absolute atomic E-state index is 10.5. The first-order valence-electron chi connectivity index (χ1n) is 7.33. The molecular formula is C14H28N2O4. The third-order valence-electron chi connectivity index (χ3n) is 3.72. The van der Waals surface area contributed by atoms with Crippen LogP contribution in [0.4, 0.5) is 0 Å². The normalized spacial score (nSPS) is 23.4. The Morgan fingerprint density at radius 2 is 1.75 bits per heavy atom. The first kappa shape index (κ1) is 18.9. The summed E-state index contributed by atoms with van der Waals surface area (Å²) in [7, 11) is 0. The number of rotatable bonds is 6. The Kier molecular flexibility index (Phi) is 10.0. The van der Waals surface area contributed by atoms with Gasteiger partial charge in [-0.2, -0.15) is 0 Å². The van der Waals surface area contributed by atoms with Gasteiger partial charge in [-0.3, -0.25) is 9.59 Å². The molecule has 0 aromatic rings. The van der Waals surface area contributed by atoms with E-state index in [4.69, 9.17) is 21.7 Å². The van der Waals surface area contributed by atoms with Crippen LogP contribution in [0.1, 0.15) is 51.9 Å². The highest BCUT2D eigenvalue weighted by Gasteiger charge is 2.24. The van der Waals surface area contributed by atoms with Crippen LogP contribution in [0.15, 0.2) is 0 Å². The summed E-state index contributed by atoms with van der Waals surface area (Å²) in [4.78, 5) is 20.6. The molecule has 0 heterocycles. The van der Waals surface area contributed by atoms with Gasteiger partial charge >= 0.3 is 11.9 Å². The van der Waals surface area contributed by atoms with Gasteiger partial charge in [0, 0.05) is 0 Å². The van der Waals surface area contributed by atoms with E-state index in [0.29, 0.717) is 18.9 Å². The van der Waals surface area contributed by atoms with Crippen LogP contribution < -0.4 is 11.5 Å². The summed E-state index contributed by atoms with van der Waals surface area (Å²) < 4.78 is 0. The van der Waals surface area contributed by atoms with Crippen molar-refractivity contribution >= 4 is 11.9 Å². The fraction of sp³-hybridized carbons (Fsp3) is 0.857. The zero-order valence-corrected chi connectivity index (χ0v) is 12.3. The van der Waals surface area contributed by atoms with Crippen LogP contribution in [-0.2, 0) is 9.59 Å². The number of carboxylic acid groups (broad SMARTS) is 2. The zero-order valence-electron chi connectivity index (χ0n) is 12.3. The molecule has 0 bridgehead atoms. The lowest BCUT2D eigenvalue weighted by Gasteiger charge is -2.24. The van der Waals surface area contributed by atoms with E-state index < -0.39 is 18.0 Å². The van der Waals surface area contributed by atoms with Crippen LogP contribution in [-0.4, -0.2) is 34.7 Å². The Hall–Kier alpha value is -1.14. The molecular weight excluding hydrogens is 260 g/mol. The number of nitrogens with two attached hydrogens (primary N) is 2. The molecule has 6 N–H and O–H groups in total. The minimum atomic E-state index is -0.900. The van der Waals surface area contributed by atoms with Gasteiger partial charge in [-0.1, -0.05) is 19.8 Å². The second kappa shape index (κ2) is 10.6. The van der Waals surface area contributed by atoms with Gasteiger partial charge in [-0.25, -0.2) is 0 Å². The summed E-state index contributed by atoms with van der Waals surface area (Å²) in [6.07, 6.45) is 6.11. The van der Waals surface area contributed by atoms with E-state index in [1.54, 1.807) is 0 Å². The van der Waals surface area contributed by atoms with E-state index in [1.807, 2.05) is 6.92 Å². The van der Waals surface area contributed by atoms with Gasteiger partial charge in [-0.15, -0.1) is 0 Å². The third kappa shape index (κ3) is 8.12. The molecule has 1 unspecified atom stereocenters. The number of carbonyl (C=O) groups is 2. The minimum absolute atomic E-state index is 0.0993. The Labute approximate surface area is 120 Å². The zero-order chi connectivity index (χ0) is 15.5. The number of carboxylic acids is 2. The van der Waals surface area contributed by atoms with Crippen LogP contribution >= 0.6 is 0 Å². The summed E-state index contributed by atoms with van der Waals surface area (Å²) in [5, 5.41) is 16.9. The molecule has 1 rings (SSSR count). The molecule has 0 radical (unpaired) electrons. The smallest absolute Gasteiger partial charge is 0.320 e. The fourth-order valence-electron chi connectivity index (χ4n) is 2.19. The van der Waals surface area contributed by atoms with Crippen LogP contribution in [0.5, 0.6) is 0 Å². The van der Waals surface area contributed by atoms with Crippen molar-refractivity contribution < 1.29 is 19.8 Å². The second-order valence-electron chi connectivity index (χ2n) is 5.38. The van der Waals surface area contributed by atoms with Crippen LogP contribution in [0.3, 0.4) is 0 Å². The molecule has 1 atom stereocenters. The van der Waals surface area contributed by atoms with Crippen LogP contribution in [0, 0.1) is 11.8 Å². The van der Waals surface area contributed by atoms with E-state index in [9.17, 15) is 9.59 Å². The maximum atomic E-state index is 10.5. The molecule has 0 saturated heterocycles. The van der Waals surface area contributed by atoms with Crippen molar-refractivity contribution in [2.75, 3.05) is 6.54 Å². The van der Waals surface area contributed by atoms with Gasteiger partial charge in [0.2, 0.25) is 0 Å². The standard InChI is InChI=1S/C8H15NO2.C6H13NO2/c9-5-6-1-3-7(4-2-6)8(10)11;1-2-3-4-5(7)6(8)9/h6-7H,1-5,9H2,(H,10,11);5H,2-4,7H2,1H3,(H,8,9)/t6-,7-;. The Balaban J connectivity index is 0.000000370. The van der Waals surface area contributed by atoms with Gasteiger partial charge in [-0.05, 0) is 44.6 Å². The van der Waals surface area contributed by atoms with Gasteiger partial charge in [0.1, 0.15) is 6.04 Å². The summed E-state index contributed by atoms with van der Waals surface area (Å²) in [5.41, 5.74) is 10.7. The van der Waals surface area contributed by atoms with Crippen molar-refractivity contribution in [1.82, 2.24) is 0 Å². The fourth-order valence-corrected chi connectivity index (χ4v) is 2.19. The lowest BCUT2D eigenvalue weighted by Crippen LogP contribution is -2.29. The highest BCUT2D eigenvalue weighted by Crippen LogP contribution is 2.27. The van der Waals surface area contributed by atoms with E-state index in [1.165, 1.54) is 0 Å². The average molecular weight is 288 g/mol. The molecule has 118 valence electrons. The van der Waals surface area contributed by atoms with Gasteiger partial charge < -0.3 is 21.7 Å². The van der Waals surface area contributed by atoms with Gasteiger partial charge in [0.15, 0.2) is 0 Å². The summed E-state index contributed by atoms with van der Waals surface area (Å²) in [5.74, 6) is -1.06. The van der Waals surface area contributed by atoms with E-state index in [2.05, 4.69) is 0 Å². The van der Waals surface area contributed by atoms with Crippen molar-refractivity contribution in [3.63, 3.8) is 0 Å². The molecule has 0 amide bonds. The van der Waals surface area contributed by atoms with Crippen molar-refractivity contribution in [3.8, 4) is 0 Å². The van der Waals surface area contributed by atoms with Gasteiger partial charge in [0.25, 0.3) is 0 Å². The second-order valence-corrected chi connectivity index (χ2v) is 5.38. The molecule has 0 aromatic carbocycles. The number of hydrogen-bond donors (Lipinski definition) is 4. The van der Waals surface area contributed by atoms with Crippen molar-refractivity contribution in [2.45, 2.75) is 57.9 Å². The molecule has 1 saturated carbocycles. The molecule has 6 heteroatoms. The van der Waals surface area contributed by atoms with E-state index in [0.717, 1.165) is 38.5 Å². The van der Waals surface area contributed by atoms with Crippen LogP contribution in [0.2, 0.25) is 0 Å².